The van der Waals surface area contributed by atoms with E-state index in [0.29, 0.717) is 0 Å². The molecule has 0 spiro atoms. The second kappa shape index (κ2) is 7.71. The number of rotatable bonds is 0. The van der Waals surface area contributed by atoms with Gasteiger partial charge in [0.05, 0.1) is 0 Å². The van der Waals surface area contributed by atoms with Gasteiger partial charge in [-0.3, -0.25) is 0 Å². The van der Waals surface area contributed by atoms with E-state index in [1.165, 1.54) is 105 Å². The third-order valence-electron chi connectivity index (χ3n) is 11.7. The lowest BCUT2D eigenvalue weighted by Crippen LogP contribution is -2.64. The Labute approximate surface area is 271 Å². The molecule has 0 saturated heterocycles. The van der Waals surface area contributed by atoms with Crippen molar-refractivity contribution in [3.8, 4) is 22.3 Å². The van der Waals surface area contributed by atoms with Gasteiger partial charge in [-0.05, 0) is 57.2 Å². The van der Waals surface area contributed by atoms with E-state index in [1.54, 1.807) is 0 Å². The fraction of sp³-hybridized carbons (Fsp3) is 0. The average Bonchev–Trinajstić information content (AvgIpc) is 3.65. The first-order valence-electron chi connectivity index (χ1n) is 16.6. The maximum atomic E-state index is 2.66. The summed E-state index contributed by atoms with van der Waals surface area (Å²) in [5.41, 5.74) is 20.1. The van der Waals surface area contributed by atoms with Crippen molar-refractivity contribution in [2.45, 2.75) is 0 Å². The molecule has 0 atom stereocenters. The molecule has 0 fully saturated rings. The van der Waals surface area contributed by atoms with E-state index in [-0.39, 0.29) is 13.7 Å². The normalized spacial score (nSPS) is 14.3. The predicted octanol–water partition coefficient (Wildman–Crippen LogP) is 7.27. The van der Waals surface area contributed by atoms with E-state index < -0.39 is 0 Å². The summed E-state index contributed by atoms with van der Waals surface area (Å²) in [6.07, 6.45) is 0. The molecule has 4 aliphatic rings. The van der Waals surface area contributed by atoms with Crippen LogP contribution in [0.2, 0.25) is 0 Å². The van der Waals surface area contributed by atoms with Gasteiger partial charge in [-0.2, -0.15) is 0 Å². The maximum absolute atomic E-state index is 2.66. The molecule has 0 aliphatic carbocycles. The first kappa shape index (κ1) is 23.4. The number of aromatic nitrogens is 2. The van der Waals surface area contributed by atoms with E-state index in [1.807, 2.05) is 0 Å². The van der Waals surface area contributed by atoms with Crippen LogP contribution in [0, 0.1) is 0 Å². The molecule has 212 valence electrons. The third-order valence-corrected chi connectivity index (χ3v) is 11.7. The molecule has 0 N–H and O–H groups in total. The molecular formula is C42H23B2N3. The zero-order valence-corrected chi connectivity index (χ0v) is 25.3. The molecule has 4 aliphatic heterocycles. The Morgan fingerprint density at radius 2 is 0.787 bits per heavy atom. The average molecular weight is 591 g/mol. The van der Waals surface area contributed by atoms with Crippen LogP contribution < -0.4 is 26.8 Å². The topological polar surface area (TPSA) is 13.1 Å². The molecule has 6 heterocycles. The largest absolute Gasteiger partial charge is 0.375 e. The number of nitrogens with zero attached hydrogens (tertiary/aromatic N) is 3. The standard InChI is InChI=1S/C42H23B2N3/c1-3-20-34-24(10-1)28-14-5-16-30-26-12-7-22-36-38(26)43(46(34)40(28)30)32-18-9-19-33-42(32)45(36)37-23-8-13-27-31-17-6-15-29-25-11-2-4-21-35(25)47(41(29)31)44(33)39(27)37/h1-23H. The predicted molar refractivity (Wildman–Crippen MR) is 199 cm³/mol. The van der Waals surface area contributed by atoms with Gasteiger partial charge < -0.3 is 13.9 Å². The minimum absolute atomic E-state index is 0.0757. The summed E-state index contributed by atoms with van der Waals surface area (Å²) >= 11 is 0. The number of benzene rings is 7. The molecule has 3 nitrogen and oxygen atoms in total. The molecule has 47 heavy (non-hydrogen) atoms. The maximum Gasteiger partial charge on any atom is 0.333 e. The van der Waals surface area contributed by atoms with Crippen molar-refractivity contribution >= 4 is 96.2 Å². The quantitative estimate of drug-likeness (QED) is 0.169. The molecule has 13 rings (SSSR count). The minimum atomic E-state index is 0.0757. The molecular weight excluding hydrogens is 568 g/mol. The number of hydrogen-bond acceptors (Lipinski definition) is 1. The summed E-state index contributed by atoms with van der Waals surface area (Å²) < 4.78 is 5.31. The first-order valence-corrected chi connectivity index (χ1v) is 16.6. The van der Waals surface area contributed by atoms with Gasteiger partial charge in [0.25, 0.3) is 0 Å². The van der Waals surface area contributed by atoms with Crippen LogP contribution in [0.15, 0.2) is 140 Å². The van der Waals surface area contributed by atoms with Gasteiger partial charge in [0.1, 0.15) is 0 Å². The highest BCUT2D eigenvalue weighted by Gasteiger charge is 2.49. The smallest absolute Gasteiger partial charge is 0.333 e. The summed E-state index contributed by atoms with van der Waals surface area (Å²) in [5.74, 6) is 0. The first-order chi connectivity index (χ1) is 23.4. The lowest BCUT2D eigenvalue weighted by atomic mass is 9.39. The van der Waals surface area contributed by atoms with Crippen molar-refractivity contribution in [1.82, 2.24) is 8.96 Å². The lowest BCUT2D eigenvalue weighted by Gasteiger charge is -2.46. The molecule has 9 aromatic rings. The monoisotopic (exact) mass is 591 g/mol. The van der Waals surface area contributed by atoms with Gasteiger partial charge in [0.15, 0.2) is 0 Å². The number of anilines is 3. The van der Waals surface area contributed by atoms with Crippen LogP contribution in [0.1, 0.15) is 0 Å². The van der Waals surface area contributed by atoms with Crippen molar-refractivity contribution in [3.63, 3.8) is 0 Å². The van der Waals surface area contributed by atoms with E-state index in [9.17, 15) is 0 Å². The summed E-state index contributed by atoms with van der Waals surface area (Å²) in [6, 6.07) is 52.8. The molecule has 2 aromatic heterocycles. The van der Waals surface area contributed by atoms with Crippen LogP contribution >= 0.6 is 0 Å². The lowest BCUT2D eigenvalue weighted by molar-refractivity contribution is 1.24. The van der Waals surface area contributed by atoms with Crippen LogP contribution in [0.4, 0.5) is 17.1 Å². The minimum Gasteiger partial charge on any atom is -0.375 e. The summed E-state index contributed by atoms with van der Waals surface area (Å²) in [4.78, 5) is 2.61. The van der Waals surface area contributed by atoms with E-state index in [2.05, 4.69) is 153 Å². The Balaban J connectivity index is 1.23. The Kier molecular flexibility index (Phi) is 3.84. The zero-order chi connectivity index (χ0) is 30.1. The molecule has 0 radical (unpaired) electrons. The SMILES string of the molecule is c1cc2c3c(c1)B1c4c(cccc4N3c3cccc4c3B2n2c3ccccc3c3cccc-4c32)-c2cccc3c4ccccc4n1c23. The highest BCUT2D eigenvalue weighted by atomic mass is 15.2. The highest BCUT2D eigenvalue weighted by molar-refractivity contribution is 6.94. The van der Waals surface area contributed by atoms with Gasteiger partial charge in [-0.25, -0.2) is 0 Å². The Morgan fingerprint density at radius 3 is 1.32 bits per heavy atom. The fourth-order valence-electron chi connectivity index (χ4n) is 10.1. The van der Waals surface area contributed by atoms with Crippen molar-refractivity contribution in [3.05, 3.63) is 140 Å². The highest BCUT2D eigenvalue weighted by Crippen LogP contribution is 2.48. The summed E-state index contributed by atoms with van der Waals surface area (Å²) in [7, 11) is 0. The van der Waals surface area contributed by atoms with Crippen LogP contribution in [-0.2, 0) is 0 Å². The van der Waals surface area contributed by atoms with Crippen molar-refractivity contribution < 1.29 is 0 Å². The number of fused-ring (bicyclic) bond motifs is 14. The zero-order valence-electron chi connectivity index (χ0n) is 25.3. The van der Waals surface area contributed by atoms with Crippen LogP contribution in [0.5, 0.6) is 0 Å². The second-order valence-electron chi connectivity index (χ2n) is 13.6. The van der Waals surface area contributed by atoms with Crippen LogP contribution in [-0.4, -0.2) is 22.7 Å². The van der Waals surface area contributed by atoms with Gasteiger partial charge in [-0.1, -0.05) is 115 Å². The molecule has 0 bridgehead atoms. The van der Waals surface area contributed by atoms with E-state index in [4.69, 9.17) is 0 Å². The van der Waals surface area contributed by atoms with Crippen LogP contribution in [0.3, 0.4) is 0 Å². The third kappa shape index (κ3) is 2.45. The van der Waals surface area contributed by atoms with Crippen molar-refractivity contribution in [1.29, 1.82) is 0 Å². The summed E-state index contributed by atoms with van der Waals surface area (Å²) in [5, 5.41) is 5.32. The molecule has 0 amide bonds. The fourth-order valence-corrected chi connectivity index (χ4v) is 10.1. The molecule has 7 aromatic carbocycles. The van der Waals surface area contributed by atoms with E-state index in [0.717, 1.165) is 0 Å². The van der Waals surface area contributed by atoms with Crippen molar-refractivity contribution in [2.75, 3.05) is 4.90 Å². The molecule has 0 unspecified atom stereocenters. The van der Waals surface area contributed by atoms with Gasteiger partial charge in [0, 0.05) is 71.8 Å². The Bertz CT molecular complexity index is 2750. The number of hydrogen-bond donors (Lipinski definition) is 0. The Hall–Kier alpha value is -5.93. The van der Waals surface area contributed by atoms with Gasteiger partial charge in [-0.15, -0.1) is 0 Å². The van der Waals surface area contributed by atoms with Gasteiger partial charge in [0.2, 0.25) is 0 Å². The summed E-state index contributed by atoms with van der Waals surface area (Å²) in [6.45, 7) is 0.151. The van der Waals surface area contributed by atoms with Crippen molar-refractivity contribution in [2.24, 2.45) is 0 Å². The van der Waals surface area contributed by atoms with E-state index >= 15 is 0 Å². The second-order valence-corrected chi connectivity index (χ2v) is 13.6. The molecule has 0 saturated carbocycles. The van der Waals surface area contributed by atoms with Crippen LogP contribution in [0.25, 0.3) is 65.9 Å². The number of para-hydroxylation sites is 5. The Morgan fingerprint density at radius 1 is 0.362 bits per heavy atom. The van der Waals surface area contributed by atoms with Gasteiger partial charge >= 0.3 is 13.7 Å². The molecule has 5 heteroatoms.